The van der Waals surface area contributed by atoms with E-state index in [4.69, 9.17) is 0 Å². The Kier molecular flexibility index (Phi) is 3.66. The average Bonchev–Trinajstić information content (AvgIpc) is 3.13. The molecule has 0 amide bonds. The first kappa shape index (κ1) is 14.8. The van der Waals surface area contributed by atoms with E-state index in [1.165, 1.54) is 0 Å². The second-order valence-corrected chi connectivity index (χ2v) is 9.66. The highest BCUT2D eigenvalue weighted by molar-refractivity contribution is 7.74. The van der Waals surface area contributed by atoms with E-state index in [0.29, 0.717) is 11.9 Å². The molecule has 4 rings (SSSR count). The van der Waals surface area contributed by atoms with Crippen molar-refractivity contribution in [3.8, 4) is 0 Å². The molecule has 2 aromatic carbocycles. The van der Waals surface area contributed by atoms with Crippen molar-refractivity contribution >= 4 is 12.5 Å². The van der Waals surface area contributed by atoms with Crippen molar-refractivity contribution in [2.75, 3.05) is 0 Å². The monoisotopic (exact) mass is 324 g/mol. The Morgan fingerprint density at radius 2 is 1.61 bits per heavy atom. The summed E-state index contributed by atoms with van der Waals surface area (Å²) in [5.41, 5.74) is 2.15. The predicted octanol–water partition coefficient (Wildman–Crippen LogP) is 5.66. The molecular formula is C20H21O2P. The summed E-state index contributed by atoms with van der Waals surface area (Å²) < 4.78 is 14.1. The molecule has 3 atom stereocenters. The lowest BCUT2D eigenvalue weighted by Crippen LogP contribution is -2.10. The molecule has 1 fully saturated rings. The second kappa shape index (κ2) is 5.69. The van der Waals surface area contributed by atoms with Gasteiger partial charge in [-0.25, -0.2) is 0 Å². The van der Waals surface area contributed by atoms with Crippen molar-refractivity contribution < 1.29 is 9.67 Å². The number of aliphatic hydroxyl groups is 1. The summed E-state index contributed by atoms with van der Waals surface area (Å²) in [6.45, 7) is 0. The fourth-order valence-electron chi connectivity index (χ4n) is 4.31. The molecule has 2 aromatic rings. The van der Waals surface area contributed by atoms with Crippen LogP contribution in [0.5, 0.6) is 0 Å². The highest BCUT2D eigenvalue weighted by atomic mass is 31.2. The van der Waals surface area contributed by atoms with Gasteiger partial charge in [0.2, 0.25) is 0 Å². The third-order valence-corrected chi connectivity index (χ3v) is 9.06. The van der Waals surface area contributed by atoms with E-state index in [2.05, 4.69) is 0 Å². The Hall–Kier alpha value is -1.79. The second-order valence-electron chi connectivity index (χ2n) is 6.64. The Balaban J connectivity index is 1.83. The molecule has 0 bridgehead atoms. The zero-order valence-electron chi connectivity index (χ0n) is 13.1. The Bertz CT molecular complexity index is 780. The molecule has 0 spiro atoms. The fraction of sp³-hybridized carbons (Fsp3) is 0.300. The lowest BCUT2D eigenvalue weighted by Gasteiger charge is -2.23. The van der Waals surface area contributed by atoms with Crippen LogP contribution in [0.1, 0.15) is 30.4 Å². The number of allylic oxidation sites excluding steroid dienone is 1. The van der Waals surface area contributed by atoms with Gasteiger partial charge in [0.1, 0.15) is 12.9 Å². The average molecular weight is 324 g/mol. The number of hydrogen-bond donors (Lipinski definition) is 1. The van der Waals surface area contributed by atoms with Gasteiger partial charge in [0.05, 0.1) is 5.31 Å². The van der Waals surface area contributed by atoms with Crippen LogP contribution in [0.4, 0.5) is 0 Å². The van der Waals surface area contributed by atoms with Crippen LogP contribution < -0.4 is 0 Å². The third kappa shape index (κ3) is 2.37. The van der Waals surface area contributed by atoms with Crippen molar-refractivity contribution in [1.82, 2.24) is 0 Å². The third-order valence-electron chi connectivity index (χ3n) is 5.30. The molecule has 118 valence electrons. The van der Waals surface area contributed by atoms with Crippen molar-refractivity contribution in [1.29, 1.82) is 0 Å². The van der Waals surface area contributed by atoms with Crippen LogP contribution >= 0.6 is 7.14 Å². The highest BCUT2D eigenvalue weighted by Crippen LogP contribution is 2.75. The summed E-state index contributed by atoms with van der Waals surface area (Å²) in [7, 11) is -2.65. The van der Waals surface area contributed by atoms with Gasteiger partial charge in [0, 0.05) is 17.7 Å². The zero-order chi connectivity index (χ0) is 15.9. The van der Waals surface area contributed by atoms with E-state index in [1.807, 2.05) is 60.7 Å². The van der Waals surface area contributed by atoms with Gasteiger partial charge in [-0.2, -0.15) is 0 Å². The molecule has 1 N–H and O–H groups in total. The van der Waals surface area contributed by atoms with E-state index in [0.717, 1.165) is 35.7 Å². The Labute approximate surface area is 137 Å². The first-order valence-electron chi connectivity index (χ1n) is 8.32. The van der Waals surface area contributed by atoms with Crippen molar-refractivity contribution in [3.63, 3.8) is 0 Å². The maximum absolute atomic E-state index is 14.1. The first-order valence-corrected chi connectivity index (χ1v) is 10.3. The molecule has 0 aromatic heterocycles. The SMILES string of the molecule is O=P1(Cc2ccccc2)C(c2ccccc2)=C(O)C2CCCC21. The van der Waals surface area contributed by atoms with Gasteiger partial charge in [-0.05, 0) is 24.0 Å². The molecular weight excluding hydrogens is 303 g/mol. The largest absolute Gasteiger partial charge is 0.511 e. The number of fused-ring (bicyclic) bond motifs is 1. The molecule has 1 aliphatic heterocycles. The standard InChI is InChI=1S/C20H21O2P/c21-19-17-12-7-13-18(17)23(22,14-15-8-3-1-4-9-15)20(19)16-10-5-2-6-11-16/h1-6,8-11,17-18,21H,7,12-14H2. The minimum atomic E-state index is -2.65. The summed E-state index contributed by atoms with van der Waals surface area (Å²) in [4.78, 5) is 0. The molecule has 3 unspecified atom stereocenters. The van der Waals surface area contributed by atoms with Crippen LogP contribution in [-0.2, 0) is 10.7 Å². The van der Waals surface area contributed by atoms with Crippen molar-refractivity contribution in [2.45, 2.75) is 31.1 Å². The van der Waals surface area contributed by atoms with Crippen molar-refractivity contribution in [3.05, 3.63) is 77.5 Å². The molecule has 1 aliphatic carbocycles. The van der Waals surface area contributed by atoms with Gasteiger partial charge >= 0.3 is 0 Å². The zero-order valence-corrected chi connectivity index (χ0v) is 14.0. The number of aliphatic hydroxyl groups excluding tert-OH is 1. The molecule has 23 heavy (non-hydrogen) atoms. The fourth-order valence-corrected chi connectivity index (χ4v) is 8.40. The van der Waals surface area contributed by atoms with Gasteiger partial charge < -0.3 is 9.67 Å². The van der Waals surface area contributed by atoms with E-state index in [-0.39, 0.29) is 11.6 Å². The van der Waals surface area contributed by atoms with Crippen LogP contribution in [-0.4, -0.2) is 10.8 Å². The summed E-state index contributed by atoms with van der Waals surface area (Å²) in [5.74, 6) is 0.498. The number of rotatable bonds is 3. The molecule has 1 saturated carbocycles. The number of hydrogen-bond acceptors (Lipinski definition) is 2. The molecule has 2 aliphatic rings. The Morgan fingerprint density at radius 3 is 2.30 bits per heavy atom. The van der Waals surface area contributed by atoms with Crippen molar-refractivity contribution in [2.24, 2.45) is 5.92 Å². The van der Waals surface area contributed by atoms with Gasteiger partial charge in [-0.15, -0.1) is 0 Å². The van der Waals surface area contributed by atoms with Gasteiger partial charge in [0.25, 0.3) is 0 Å². The van der Waals surface area contributed by atoms with Crippen LogP contribution in [0.15, 0.2) is 66.4 Å². The summed E-state index contributed by atoms with van der Waals surface area (Å²) >= 11 is 0. The first-order chi connectivity index (χ1) is 11.2. The Morgan fingerprint density at radius 1 is 0.957 bits per heavy atom. The predicted molar refractivity (Wildman–Crippen MR) is 94.9 cm³/mol. The maximum Gasteiger partial charge on any atom is 0.127 e. The topological polar surface area (TPSA) is 37.3 Å². The summed E-state index contributed by atoms with van der Waals surface area (Å²) in [6, 6.07) is 19.9. The van der Waals surface area contributed by atoms with E-state index < -0.39 is 7.14 Å². The number of benzene rings is 2. The molecule has 3 heteroatoms. The van der Waals surface area contributed by atoms with E-state index in [1.54, 1.807) is 0 Å². The maximum atomic E-state index is 14.1. The molecule has 0 radical (unpaired) electrons. The molecule has 1 heterocycles. The van der Waals surface area contributed by atoms with Crippen LogP contribution in [0.3, 0.4) is 0 Å². The smallest absolute Gasteiger partial charge is 0.127 e. The van der Waals surface area contributed by atoms with E-state index >= 15 is 0 Å². The van der Waals surface area contributed by atoms with Crippen LogP contribution in [0.2, 0.25) is 0 Å². The lowest BCUT2D eigenvalue weighted by molar-refractivity contribution is 0.343. The highest BCUT2D eigenvalue weighted by Gasteiger charge is 2.53. The van der Waals surface area contributed by atoms with Crippen LogP contribution in [0.25, 0.3) is 5.31 Å². The van der Waals surface area contributed by atoms with Gasteiger partial charge in [-0.3, -0.25) is 0 Å². The van der Waals surface area contributed by atoms with E-state index in [9.17, 15) is 9.67 Å². The molecule has 0 saturated heterocycles. The molecule has 2 nitrogen and oxygen atoms in total. The quantitative estimate of drug-likeness (QED) is 0.740. The van der Waals surface area contributed by atoms with Crippen LogP contribution in [0, 0.1) is 5.92 Å². The lowest BCUT2D eigenvalue weighted by atomic mass is 10.0. The minimum Gasteiger partial charge on any atom is -0.511 e. The summed E-state index contributed by atoms with van der Waals surface area (Å²) in [6.07, 6.45) is 3.56. The van der Waals surface area contributed by atoms with Gasteiger partial charge in [0.15, 0.2) is 0 Å². The van der Waals surface area contributed by atoms with Gasteiger partial charge in [-0.1, -0.05) is 67.1 Å². The normalized spacial score (nSPS) is 29.7. The summed E-state index contributed by atoms with van der Waals surface area (Å²) in [5, 5.41) is 11.6. The minimum absolute atomic E-state index is 0.0970.